The van der Waals surface area contributed by atoms with E-state index in [4.69, 9.17) is 0 Å². The van der Waals surface area contributed by atoms with Crippen LogP contribution in [0.25, 0.3) is 0 Å². The first-order valence-electron chi connectivity index (χ1n) is 9.59. The van der Waals surface area contributed by atoms with Crippen LogP contribution in [-0.2, 0) is 0 Å². The van der Waals surface area contributed by atoms with Gasteiger partial charge in [-0.05, 0) is 61.2 Å². The Morgan fingerprint density at radius 3 is 1.30 bits per heavy atom. The molecule has 0 spiro atoms. The fraction of sp³-hybridized carbons (Fsp3) is 1.00. The molecule has 0 amide bonds. The molecule has 20 heavy (non-hydrogen) atoms. The number of rotatable bonds is 5. The Morgan fingerprint density at radius 2 is 0.950 bits per heavy atom. The van der Waals surface area contributed by atoms with Gasteiger partial charge in [0.25, 0.3) is 0 Å². The molecule has 0 aromatic carbocycles. The lowest BCUT2D eigenvalue weighted by Gasteiger charge is -2.38. The summed E-state index contributed by atoms with van der Waals surface area (Å²) in [5, 5.41) is 0. The topological polar surface area (TPSA) is 0 Å². The average Bonchev–Trinajstić information content (AvgIpc) is 2.45. The predicted octanol–water partition coefficient (Wildman–Crippen LogP) is 6.69. The predicted molar refractivity (Wildman–Crippen MR) is 89.8 cm³/mol. The molecule has 0 aliphatic heterocycles. The van der Waals surface area contributed by atoms with Crippen LogP contribution < -0.4 is 0 Å². The minimum absolute atomic E-state index is 0.910. The van der Waals surface area contributed by atoms with Crippen molar-refractivity contribution in [2.45, 2.75) is 91.9 Å². The molecule has 4 unspecified atom stereocenters. The van der Waals surface area contributed by atoms with E-state index in [0.717, 1.165) is 35.5 Å². The highest BCUT2D eigenvalue weighted by Crippen LogP contribution is 2.42. The highest BCUT2D eigenvalue weighted by atomic mass is 14.4. The maximum atomic E-state index is 2.46. The molecule has 2 saturated carbocycles. The van der Waals surface area contributed by atoms with Crippen molar-refractivity contribution in [1.82, 2.24) is 0 Å². The second-order valence-electron chi connectivity index (χ2n) is 8.48. The van der Waals surface area contributed by atoms with Crippen molar-refractivity contribution in [2.24, 2.45) is 35.5 Å². The maximum absolute atomic E-state index is 2.46. The van der Waals surface area contributed by atoms with Crippen LogP contribution in [0.15, 0.2) is 0 Å². The first-order valence-corrected chi connectivity index (χ1v) is 9.59. The van der Waals surface area contributed by atoms with Crippen molar-refractivity contribution in [3.8, 4) is 0 Å². The smallest absolute Gasteiger partial charge is 0.0363 e. The summed E-state index contributed by atoms with van der Waals surface area (Å²) >= 11 is 0. The first kappa shape index (κ1) is 16.4. The van der Waals surface area contributed by atoms with E-state index in [1.54, 1.807) is 0 Å². The van der Waals surface area contributed by atoms with E-state index in [2.05, 4.69) is 27.7 Å². The molecule has 0 bridgehead atoms. The summed E-state index contributed by atoms with van der Waals surface area (Å²) < 4.78 is 0. The standard InChI is InChI=1S/C20H38/c1-15(2)19-11-7-5-9-17(19)13-14-18-10-6-8-12-20(18)16(3)4/h15-20H,5-14H2,1-4H3. The Bertz CT molecular complexity index is 237. The molecule has 0 N–H and O–H groups in total. The van der Waals surface area contributed by atoms with Gasteiger partial charge < -0.3 is 0 Å². The summed E-state index contributed by atoms with van der Waals surface area (Å²) in [6.07, 6.45) is 15.2. The van der Waals surface area contributed by atoms with Crippen molar-refractivity contribution < 1.29 is 0 Å². The van der Waals surface area contributed by atoms with Gasteiger partial charge in [-0.3, -0.25) is 0 Å². The molecule has 0 heteroatoms. The van der Waals surface area contributed by atoms with E-state index in [1.165, 1.54) is 64.2 Å². The van der Waals surface area contributed by atoms with Gasteiger partial charge in [0.1, 0.15) is 0 Å². The van der Waals surface area contributed by atoms with Gasteiger partial charge in [0.2, 0.25) is 0 Å². The third kappa shape index (κ3) is 4.25. The molecular weight excluding hydrogens is 240 g/mol. The molecular formula is C20H38. The molecule has 0 aromatic heterocycles. The Kier molecular flexibility index (Phi) is 6.43. The lowest BCUT2D eigenvalue weighted by Crippen LogP contribution is -2.28. The summed E-state index contributed by atoms with van der Waals surface area (Å²) in [6, 6.07) is 0. The summed E-state index contributed by atoms with van der Waals surface area (Å²) in [7, 11) is 0. The van der Waals surface area contributed by atoms with Gasteiger partial charge >= 0.3 is 0 Å². The summed E-state index contributed by atoms with van der Waals surface area (Å²) in [5.41, 5.74) is 0. The van der Waals surface area contributed by atoms with Gasteiger partial charge in [0.05, 0.1) is 0 Å². The summed E-state index contributed by atoms with van der Waals surface area (Å²) in [4.78, 5) is 0. The zero-order chi connectivity index (χ0) is 14.5. The Hall–Kier alpha value is 0. The lowest BCUT2D eigenvalue weighted by molar-refractivity contribution is 0.126. The molecule has 2 fully saturated rings. The maximum Gasteiger partial charge on any atom is -0.0363 e. The highest BCUT2D eigenvalue weighted by Gasteiger charge is 2.31. The number of hydrogen-bond acceptors (Lipinski definition) is 0. The third-order valence-electron chi connectivity index (χ3n) is 6.56. The van der Waals surface area contributed by atoms with Crippen LogP contribution in [0.2, 0.25) is 0 Å². The summed E-state index contributed by atoms with van der Waals surface area (Å²) in [6.45, 7) is 9.84. The molecule has 2 aliphatic carbocycles. The zero-order valence-corrected chi connectivity index (χ0v) is 14.5. The largest absolute Gasteiger partial charge is 0.0625 e. The van der Waals surface area contributed by atoms with E-state index in [1.807, 2.05) is 0 Å². The number of hydrogen-bond donors (Lipinski definition) is 0. The lowest BCUT2D eigenvalue weighted by atomic mass is 9.67. The third-order valence-corrected chi connectivity index (χ3v) is 6.56. The second kappa shape index (κ2) is 7.85. The first-order chi connectivity index (χ1) is 9.59. The van der Waals surface area contributed by atoms with Crippen LogP contribution in [0, 0.1) is 35.5 Å². The molecule has 0 aromatic rings. The minimum Gasteiger partial charge on any atom is -0.0625 e. The van der Waals surface area contributed by atoms with E-state index >= 15 is 0 Å². The van der Waals surface area contributed by atoms with Crippen LogP contribution in [0.1, 0.15) is 91.9 Å². The van der Waals surface area contributed by atoms with E-state index in [9.17, 15) is 0 Å². The van der Waals surface area contributed by atoms with Crippen molar-refractivity contribution in [2.75, 3.05) is 0 Å². The molecule has 4 atom stereocenters. The Balaban J connectivity index is 1.85. The molecule has 2 aliphatic rings. The zero-order valence-electron chi connectivity index (χ0n) is 14.5. The van der Waals surface area contributed by atoms with E-state index < -0.39 is 0 Å². The fourth-order valence-corrected chi connectivity index (χ4v) is 5.37. The SMILES string of the molecule is CC(C)C1CCCCC1CCC1CCCCC1C(C)C. The summed E-state index contributed by atoms with van der Waals surface area (Å²) in [5.74, 6) is 5.99. The average molecular weight is 279 g/mol. The van der Waals surface area contributed by atoms with Gasteiger partial charge in [-0.1, -0.05) is 66.2 Å². The van der Waals surface area contributed by atoms with Crippen molar-refractivity contribution in [1.29, 1.82) is 0 Å². The monoisotopic (exact) mass is 278 g/mol. The van der Waals surface area contributed by atoms with E-state index in [-0.39, 0.29) is 0 Å². The van der Waals surface area contributed by atoms with Crippen molar-refractivity contribution in [3.05, 3.63) is 0 Å². The quantitative estimate of drug-likeness (QED) is 0.525. The normalized spacial score (nSPS) is 35.7. The van der Waals surface area contributed by atoms with Gasteiger partial charge in [0.15, 0.2) is 0 Å². The van der Waals surface area contributed by atoms with Gasteiger partial charge in [-0.15, -0.1) is 0 Å². The molecule has 0 saturated heterocycles. The van der Waals surface area contributed by atoms with Crippen molar-refractivity contribution >= 4 is 0 Å². The van der Waals surface area contributed by atoms with Crippen LogP contribution in [-0.4, -0.2) is 0 Å². The second-order valence-corrected chi connectivity index (χ2v) is 8.48. The molecule has 2 rings (SSSR count). The van der Waals surface area contributed by atoms with Gasteiger partial charge in [0, 0.05) is 0 Å². The molecule has 0 heterocycles. The minimum atomic E-state index is 0.910. The molecule has 0 nitrogen and oxygen atoms in total. The van der Waals surface area contributed by atoms with Crippen LogP contribution in [0.4, 0.5) is 0 Å². The molecule has 118 valence electrons. The van der Waals surface area contributed by atoms with E-state index in [0.29, 0.717) is 0 Å². The van der Waals surface area contributed by atoms with Gasteiger partial charge in [-0.25, -0.2) is 0 Å². The molecule has 0 radical (unpaired) electrons. The van der Waals surface area contributed by atoms with Gasteiger partial charge in [-0.2, -0.15) is 0 Å². The van der Waals surface area contributed by atoms with Crippen LogP contribution >= 0.6 is 0 Å². The van der Waals surface area contributed by atoms with Crippen LogP contribution in [0.3, 0.4) is 0 Å². The fourth-order valence-electron chi connectivity index (χ4n) is 5.37. The van der Waals surface area contributed by atoms with Crippen LogP contribution in [0.5, 0.6) is 0 Å². The Labute approximate surface area is 128 Å². The Morgan fingerprint density at radius 1 is 0.600 bits per heavy atom. The van der Waals surface area contributed by atoms with Crippen molar-refractivity contribution in [3.63, 3.8) is 0 Å². The highest BCUT2D eigenvalue weighted by molar-refractivity contribution is 4.82.